The van der Waals surface area contributed by atoms with Crippen molar-refractivity contribution in [1.82, 2.24) is 5.16 Å². The Morgan fingerprint density at radius 2 is 1.76 bits per heavy atom. The van der Waals surface area contributed by atoms with Gasteiger partial charge in [0.1, 0.15) is 11.3 Å². The Labute approximate surface area is 191 Å². The van der Waals surface area contributed by atoms with Gasteiger partial charge in [0.25, 0.3) is 5.91 Å². The van der Waals surface area contributed by atoms with E-state index >= 15 is 0 Å². The normalized spacial score (nSPS) is 16.0. The number of rotatable bonds is 3. The molecule has 4 aromatic rings. The number of anilines is 1. The van der Waals surface area contributed by atoms with Gasteiger partial charge < -0.3 is 8.94 Å². The summed E-state index contributed by atoms with van der Waals surface area (Å²) in [7, 11) is 0. The van der Waals surface area contributed by atoms with Crippen molar-refractivity contribution in [2.75, 3.05) is 4.90 Å². The largest absolute Gasteiger partial charge is 0.450 e. The molecular weight excluding hydrogens is 416 g/mol. The van der Waals surface area contributed by atoms with Gasteiger partial charge in [0.05, 0.1) is 17.0 Å². The summed E-state index contributed by atoms with van der Waals surface area (Å²) in [6.07, 6.45) is 0.799. The number of carbonyl (C=O) groups is 1. The summed E-state index contributed by atoms with van der Waals surface area (Å²) < 4.78 is 11.3. The van der Waals surface area contributed by atoms with Crippen LogP contribution < -0.4 is 10.3 Å². The first-order chi connectivity index (χ1) is 15.7. The van der Waals surface area contributed by atoms with E-state index in [1.807, 2.05) is 43.3 Å². The summed E-state index contributed by atoms with van der Waals surface area (Å²) in [5, 5.41) is 4.56. The molecule has 0 bridgehead atoms. The van der Waals surface area contributed by atoms with E-state index in [0.29, 0.717) is 28.1 Å². The minimum absolute atomic E-state index is 0.0172. The van der Waals surface area contributed by atoms with Crippen molar-refractivity contribution in [2.45, 2.75) is 52.5 Å². The Hall–Kier alpha value is -3.67. The molecule has 33 heavy (non-hydrogen) atoms. The van der Waals surface area contributed by atoms with Gasteiger partial charge in [0.15, 0.2) is 11.2 Å². The molecule has 0 aliphatic carbocycles. The molecule has 1 aliphatic heterocycles. The Balaban J connectivity index is 1.76. The number of aromatic nitrogens is 1. The third-order valence-corrected chi connectivity index (χ3v) is 6.30. The maximum atomic E-state index is 13.7. The third kappa shape index (κ3) is 3.37. The molecule has 1 amide bonds. The van der Waals surface area contributed by atoms with E-state index in [1.54, 1.807) is 19.1 Å². The predicted molar refractivity (Wildman–Crippen MR) is 127 cm³/mol. The molecule has 2 aromatic carbocycles. The van der Waals surface area contributed by atoms with Crippen LogP contribution in [0.25, 0.3) is 11.0 Å². The first-order valence-corrected chi connectivity index (χ1v) is 11.2. The highest BCUT2D eigenvalue weighted by Crippen LogP contribution is 2.41. The second kappa shape index (κ2) is 7.44. The molecule has 0 unspecified atom stereocenters. The van der Waals surface area contributed by atoms with Crippen molar-refractivity contribution in [2.24, 2.45) is 0 Å². The van der Waals surface area contributed by atoms with E-state index in [0.717, 1.165) is 23.1 Å². The van der Waals surface area contributed by atoms with Crippen molar-refractivity contribution >= 4 is 22.7 Å². The van der Waals surface area contributed by atoms with Gasteiger partial charge in [-0.25, -0.2) is 0 Å². The zero-order valence-corrected chi connectivity index (χ0v) is 19.4. The highest BCUT2D eigenvalue weighted by molar-refractivity contribution is 6.10. The van der Waals surface area contributed by atoms with E-state index in [2.05, 4.69) is 25.9 Å². The molecule has 6 heteroatoms. The lowest BCUT2D eigenvalue weighted by Crippen LogP contribution is -2.29. The smallest absolute Gasteiger partial charge is 0.296 e. The zero-order chi connectivity index (χ0) is 23.5. The molecule has 1 atom stereocenters. The average Bonchev–Trinajstić information content (AvgIpc) is 3.34. The first kappa shape index (κ1) is 21.2. The van der Waals surface area contributed by atoms with Gasteiger partial charge in [-0.15, -0.1) is 0 Å². The zero-order valence-electron chi connectivity index (χ0n) is 19.4. The molecule has 3 heterocycles. The van der Waals surface area contributed by atoms with Crippen LogP contribution in [0.2, 0.25) is 0 Å². The monoisotopic (exact) mass is 442 g/mol. The maximum absolute atomic E-state index is 13.7. The second-order valence-corrected chi connectivity index (χ2v) is 9.60. The number of hydrogen-bond donors (Lipinski definition) is 0. The van der Waals surface area contributed by atoms with Gasteiger partial charge in [-0.3, -0.25) is 14.5 Å². The summed E-state index contributed by atoms with van der Waals surface area (Å²) in [6.45, 7) is 10.2. The van der Waals surface area contributed by atoms with Crippen LogP contribution in [0.3, 0.4) is 0 Å². The summed E-state index contributed by atoms with van der Waals surface area (Å²) in [4.78, 5) is 28.8. The van der Waals surface area contributed by atoms with Gasteiger partial charge in [0, 0.05) is 6.07 Å². The van der Waals surface area contributed by atoms with Crippen LogP contribution in [0.1, 0.15) is 72.3 Å². The molecule has 0 saturated carbocycles. The molecule has 0 radical (unpaired) electrons. The van der Waals surface area contributed by atoms with E-state index in [4.69, 9.17) is 8.94 Å². The van der Waals surface area contributed by atoms with E-state index in [-0.39, 0.29) is 16.6 Å². The SMILES string of the molecule is CCc1ccc2oc3c(c(=O)c2c1)[C@@H](c1ccc(C(C)(C)C)cc1)N(c1cc(C)on1)C3=O. The molecule has 0 fully saturated rings. The van der Waals surface area contributed by atoms with Crippen molar-refractivity contribution < 1.29 is 13.7 Å². The Morgan fingerprint density at radius 3 is 2.36 bits per heavy atom. The van der Waals surface area contributed by atoms with Gasteiger partial charge in [-0.2, -0.15) is 0 Å². The Bertz CT molecular complexity index is 1440. The number of carbonyl (C=O) groups excluding carboxylic acids is 1. The lowest BCUT2D eigenvalue weighted by atomic mass is 9.86. The van der Waals surface area contributed by atoms with Crippen molar-refractivity contribution in [3.63, 3.8) is 0 Å². The summed E-state index contributed by atoms with van der Waals surface area (Å²) in [5.41, 5.74) is 3.55. The van der Waals surface area contributed by atoms with Crippen LogP contribution >= 0.6 is 0 Å². The topological polar surface area (TPSA) is 76.6 Å². The highest BCUT2D eigenvalue weighted by atomic mass is 16.5. The van der Waals surface area contributed by atoms with E-state index in [9.17, 15) is 9.59 Å². The standard InChI is InChI=1S/C27H26N2O4/c1-6-16-7-12-20-19(14-16)24(30)22-23(17-8-10-18(11-9-17)27(3,4)5)29(26(31)25(22)32-20)21-13-15(2)33-28-21/h7-14,23H,6H2,1-5H3/t23-/m1/s1. The van der Waals surface area contributed by atoms with Crippen molar-refractivity contribution in [3.05, 3.63) is 92.5 Å². The van der Waals surface area contributed by atoms with E-state index < -0.39 is 11.9 Å². The Morgan fingerprint density at radius 1 is 1.03 bits per heavy atom. The average molecular weight is 443 g/mol. The van der Waals surface area contributed by atoms with Gasteiger partial charge in [-0.1, -0.05) is 63.2 Å². The number of nitrogens with zero attached hydrogens (tertiary/aromatic N) is 2. The molecule has 5 rings (SSSR count). The van der Waals surface area contributed by atoms with Crippen LogP contribution in [-0.4, -0.2) is 11.1 Å². The van der Waals surface area contributed by atoms with Crippen molar-refractivity contribution in [3.8, 4) is 0 Å². The molecule has 6 nitrogen and oxygen atoms in total. The number of benzene rings is 2. The first-order valence-electron chi connectivity index (χ1n) is 11.2. The molecular formula is C27H26N2O4. The lowest BCUT2D eigenvalue weighted by molar-refractivity contribution is 0.0969. The fourth-order valence-electron chi connectivity index (χ4n) is 4.42. The molecule has 0 saturated heterocycles. The summed E-state index contributed by atoms with van der Waals surface area (Å²) in [5.74, 6) is 0.586. The van der Waals surface area contributed by atoms with Crippen LogP contribution in [0, 0.1) is 6.92 Å². The molecule has 0 spiro atoms. The molecule has 1 aliphatic rings. The minimum Gasteiger partial charge on any atom is -0.450 e. The number of hydrogen-bond acceptors (Lipinski definition) is 5. The quantitative estimate of drug-likeness (QED) is 0.407. The van der Waals surface area contributed by atoms with Gasteiger partial charge in [-0.05, 0) is 47.6 Å². The fourth-order valence-corrected chi connectivity index (χ4v) is 4.42. The van der Waals surface area contributed by atoms with Crippen LogP contribution in [0.5, 0.6) is 0 Å². The molecule has 168 valence electrons. The number of fused-ring (bicyclic) bond motifs is 2. The van der Waals surface area contributed by atoms with Crippen LogP contribution in [0.4, 0.5) is 5.82 Å². The van der Waals surface area contributed by atoms with Crippen LogP contribution in [0.15, 0.2) is 62.3 Å². The maximum Gasteiger partial charge on any atom is 0.296 e. The second-order valence-electron chi connectivity index (χ2n) is 9.60. The number of aryl methyl sites for hydroxylation is 2. The van der Waals surface area contributed by atoms with Gasteiger partial charge in [0.2, 0.25) is 5.76 Å². The Kier molecular flexibility index (Phi) is 4.78. The third-order valence-electron chi connectivity index (χ3n) is 6.30. The molecule has 2 aromatic heterocycles. The lowest BCUT2D eigenvalue weighted by Gasteiger charge is -2.24. The highest BCUT2D eigenvalue weighted by Gasteiger charge is 2.45. The van der Waals surface area contributed by atoms with Crippen molar-refractivity contribution in [1.29, 1.82) is 0 Å². The van der Waals surface area contributed by atoms with Crippen LogP contribution in [-0.2, 0) is 11.8 Å². The summed E-state index contributed by atoms with van der Waals surface area (Å²) in [6, 6.07) is 14.6. The van der Waals surface area contributed by atoms with Gasteiger partial charge >= 0.3 is 0 Å². The minimum atomic E-state index is -0.656. The fraction of sp³-hybridized carbons (Fsp3) is 0.296. The predicted octanol–water partition coefficient (Wildman–Crippen LogP) is 5.70. The van der Waals surface area contributed by atoms with E-state index in [1.165, 1.54) is 4.90 Å². The molecule has 0 N–H and O–H groups in total. The summed E-state index contributed by atoms with van der Waals surface area (Å²) >= 11 is 0. The number of amides is 1.